The van der Waals surface area contributed by atoms with Crippen LogP contribution in [0.15, 0.2) is 12.4 Å². The second-order valence-electron chi connectivity index (χ2n) is 5.32. The maximum atomic E-state index is 12.4. The van der Waals surface area contributed by atoms with E-state index in [1.807, 2.05) is 18.0 Å². The molecule has 1 unspecified atom stereocenters. The van der Waals surface area contributed by atoms with Gasteiger partial charge in [-0.3, -0.25) is 4.79 Å². The second-order valence-corrected chi connectivity index (χ2v) is 5.32. The molecule has 2 aliphatic rings. The summed E-state index contributed by atoms with van der Waals surface area (Å²) < 4.78 is 2.09. The Balaban J connectivity index is 1.76. The van der Waals surface area contributed by atoms with Crippen molar-refractivity contribution in [1.82, 2.24) is 14.5 Å². The van der Waals surface area contributed by atoms with E-state index in [0.717, 1.165) is 31.8 Å². The molecule has 2 heterocycles. The van der Waals surface area contributed by atoms with E-state index in [0.29, 0.717) is 12.5 Å². The number of aromatic nitrogens is 2. The smallest absolute Gasteiger partial charge is 0.243 e. The fraction of sp³-hybridized carbons (Fsp3) is 0.667. The number of hydrogen-bond donors (Lipinski definition) is 1. The first-order chi connectivity index (χ1) is 8.09. The number of nitrogens with two attached hydrogens (primary N) is 1. The molecule has 3 rings (SSSR count). The van der Waals surface area contributed by atoms with Crippen LogP contribution < -0.4 is 5.73 Å². The molecule has 1 aromatic heterocycles. The van der Waals surface area contributed by atoms with Crippen LogP contribution in [0.3, 0.4) is 0 Å². The standard InChI is InChI=1S/C12H18N4O/c1-12(13,9-2-3-9)11(17)16-7-6-15-5-4-14-10(15)8-16/h4-5,9H,2-3,6-8,13H2,1H3. The molecule has 5 nitrogen and oxygen atoms in total. The van der Waals surface area contributed by atoms with Crippen molar-refractivity contribution in [3.05, 3.63) is 18.2 Å². The van der Waals surface area contributed by atoms with Crippen molar-refractivity contribution in [3.63, 3.8) is 0 Å². The lowest BCUT2D eigenvalue weighted by Gasteiger charge is -2.34. The highest BCUT2D eigenvalue weighted by atomic mass is 16.2. The SMILES string of the molecule is CC(N)(C(=O)N1CCn2ccnc2C1)C1CC1. The molecule has 1 saturated carbocycles. The van der Waals surface area contributed by atoms with Gasteiger partial charge >= 0.3 is 0 Å². The molecule has 1 aromatic rings. The summed E-state index contributed by atoms with van der Waals surface area (Å²) >= 11 is 0. The van der Waals surface area contributed by atoms with E-state index in [4.69, 9.17) is 5.73 Å². The Morgan fingerprint density at radius 2 is 2.29 bits per heavy atom. The summed E-state index contributed by atoms with van der Waals surface area (Å²) in [6.07, 6.45) is 5.91. The minimum atomic E-state index is -0.686. The first-order valence-electron chi connectivity index (χ1n) is 6.17. The van der Waals surface area contributed by atoms with E-state index in [-0.39, 0.29) is 5.91 Å². The van der Waals surface area contributed by atoms with E-state index >= 15 is 0 Å². The molecule has 2 N–H and O–H groups in total. The topological polar surface area (TPSA) is 64.2 Å². The largest absolute Gasteiger partial charge is 0.332 e. The Hall–Kier alpha value is -1.36. The van der Waals surface area contributed by atoms with Crippen LogP contribution in [0.4, 0.5) is 0 Å². The van der Waals surface area contributed by atoms with Gasteiger partial charge in [-0.2, -0.15) is 0 Å². The quantitative estimate of drug-likeness (QED) is 0.803. The average Bonchev–Trinajstić information content (AvgIpc) is 3.07. The fourth-order valence-corrected chi connectivity index (χ4v) is 2.55. The summed E-state index contributed by atoms with van der Waals surface area (Å²) in [7, 11) is 0. The minimum absolute atomic E-state index is 0.0780. The third-order valence-corrected chi connectivity index (χ3v) is 3.92. The Morgan fingerprint density at radius 1 is 1.53 bits per heavy atom. The maximum absolute atomic E-state index is 12.4. The molecule has 17 heavy (non-hydrogen) atoms. The fourth-order valence-electron chi connectivity index (χ4n) is 2.55. The van der Waals surface area contributed by atoms with Crippen LogP contribution in [0.2, 0.25) is 0 Å². The summed E-state index contributed by atoms with van der Waals surface area (Å²) in [5, 5.41) is 0. The number of amides is 1. The number of fused-ring (bicyclic) bond motifs is 1. The van der Waals surface area contributed by atoms with Crippen LogP contribution in [0.1, 0.15) is 25.6 Å². The van der Waals surface area contributed by atoms with Gasteiger partial charge in [0, 0.05) is 25.5 Å². The van der Waals surface area contributed by atoms with Gasteiger partial charge in [-0.15, -0.1) is 0 Å². The van der Waals surface area contributed by atoms with Crippen LogP contribution in [-0.2, 0) is 17.9 Å². The van der Waals surface area contributed by atoms with Crippen molar-refractivity contribution in [3.8, 4) is 0 Å². The molecule has 1 aliphatic carbocycles. The van der Waals surface area contributed by atoms with Crippen LogP contribution in [0, 0.1) is 5.92 Å². The van der Waals surface area contributed by atoms with Gasteiger partial charge < -0.3 is 15.2 Å². The van der Waals surface area contributed by atoms with Gasteiger partial charge in [0.15, 0.2) is 0 Å². The average molecular weight is 234 g/mol. The molecule has 0 aromatic carbocycles. The van der Waals surface area contributed by atoms with E-state index in [1.165, 1.54) is 0 Å². The monoisotopic (exact) mass is 234 g/mol. The van der Waals surface area contributed by atoms with Gasteiger partial charge in [-0.1, -0.05) is 0 Å². The first kappa shape index (κ1) is 10.8. The Morgan fingerprint density at radius 3 is 3.00 bits per heavy atom. The Labute approximate surface area is 101 Å². The summed E-state index contributed by atoms with van der Waals surface area (Å²) in [4.78, 5) is 18.5. The van der Waals surface area contributed by atoms with E-state index in [1.54, 1.807) is 6.20 Å². The highest BCUT2D eigenvalue weighted by Gasteiger charge is 2.46. The number of carbonyl (C=O) groups is 1. The lowest BCUT2D eigenvalue weighted by molar-refractivity contribution is -0.138. The molecular weight excluding hydrogens is 216 g/mol. The molecule has 1 atom stereocenters. The second kappa shape index (κ2) is 3.57. The van der Waals surface area contributed by atoms with E-state index < -0.39 is 5.54 Å². The van der Waals surface area contributed by atoms with E-state index in [9.17, 15) is 4.79 Å². The highest BCUT2D eigenvalue weighted by Crippen LogP contribution is 2.39. The van der Waals surface area contributed by atoms with Crippen molar-refractivity contribution in [2.24, 2.45) is 11.7 Å². The summed E-state index contributed by atoms with van der Waals surface area (Å²) in [5.74, 6) is 1.40. The molecular formula is C12H18N4O. The third-order valence-electron chi connectivity index (χ3n) is 3.92. The van der Waals surface area contributed by atoms with Crippen molar-refractivity contribution in [2.45, 2.75) is 38.4 Å². The number of hydrogen-bond acceptors (Lipinski definition) is 3. The van der Waals surface area contributed by atoms with Gasteiger partial charge in [0.25, 0.3) is 0 Å². The van der Waals surface area contributed by atoms with Gasteiger partial charge in [0.05, 0.1) is 12.1 Å². The minimum Gasteiger partial charge on any atom is -0.332 e. The third kappa shape index (κ3) is 1.74. The number of imidazole rings is 1. The first-order valence-corrected chi connectivity index (χ1v) is 6.17. The highest BCUT2D eigenvalue weighted by molar-refractivity contribution is 5.86. The molecule has 1 fully saturated rings. The van der Waals surface area contributed by atoms with Gasteiger partial charge in [-0.25, -0.2) is 4.98 Å². The number of nitrogens with zero attached hydrogens (tertiary/aromatic N) is 3. The Bertz CT molecular complexity index is 447. The molecule has 0 bridgehead atoms. The zero-order valence-electron chi connectivity index (χ0n) is 10.1. The molecule has 1 amide bonds. The molecule has 92 valence electrons. The van der Waals surface area contributed by atoms with E-state index in [2.05, 4.69) is 9.55 Å². The molecule has 5 heteroatoms. The molecule has 0 radical (unpaired) electrons. The van der Waals surface area contributed by atoms with Crippen molar-refractivity contribution >= 4 is 5.91 Å². The van der Waals surface area contributed by atoms with Crippen molar-refractivity contribution in [2.75, 3.05) is 6.54 Å². The zero-order valence-corrected chi connectivity index (χ0v) is 10.1. The number of carbonyl (C=O) groups excluding carboxylic acids is 1. The van der Waals surface area contributed by atoms with Gasteiger partial charge in [-0.05, 0) is 25.7 Å². The molecule has 0 spiro atoms. The zero-order chi connectivity index (χ0) is 12.0. The van der Waals surface area contributed by atoms with Crippen LogP contribution in [0.25, 0.3) is 0 Å². The molecule has 1 aliphatic heterocycles. The van der Waals surface area contributed by atoms with Crippen molar-refractivity contribution < 1.29 is 4.79 Å². The number of rotatable bonds is 2. The van der Waals surface area contributed by atoms with Gasteiger partial charge in [0.2, 0.25) is 5.91 Å². The normalized spacial score (nSPS) is 23.1. The summed E-state index contributed by atoms with van der Waals surface area (Å²) in [6, 6.07) is 0. The van der Waals surface area contributed by atoms with Gasteiger partial charge in [0.1, 0.15) is 5.82 Å². The lowest BCUT2D eigenvalue weighted by atomic mass is 9.95. The van der Waals surface area contributed by atoms with Crippen LogP contribution in [0.5, 0.6) is 0 Å². The predicted octanol–water partition coefficient (Wildman–Crippen LogP) is 0.353. The summed E-state index contributed by atoms with van der Waals surface area (Å²) in [6.45, 7) is 4.02. The Kier molecular flexibility index (Phi) is 2.26. The van der Waals surface area contributed by atoms with Crippen molar-refractivity contribution in [1.29, 1.82) is 0 Å². The molecule has 0 saturated heterocycles. The predicted molar refractivity (Wildman–Crippen MR) is 63.0 cm³/mol. The maximum Gasteiger partial charge on any atom is 0.243 e. The lowest BCUT2D eigenvalue weighted by Crippen LogP contribution is -2.56. The van der Waals surface area contributed by atoms with Crippen LogP contribution >= 0.6 is 0 Å². The van der Waals surface area contributed by atoms with Crippen LogP contribution in [-0.4, -0.2) is 32.4 Å². The summed E-state index contributed by atoms with van der Waals surface area (Å²) in [5.41, 5.74) is 5.49.